The van der Waals surface area contributed by atoms with E-state index in [-0.39, 0.29) is 16.6 Å². The molecule has 0 aromatic heterocycles. The van der Waals surface area contributed by atoms with E-state index >= 15 is 0 Å². The Kier molecular flexibility index (Phi) is 4.76. The standard InChI is InChI=1S/C14H17ClFNO3/c1-8(2)17(9(3)18)14(4,13(19)20)11-6-5-10(16)7-12(11)15/h5-8H,1-4H3,(H,19,20). The molecule has 1 aromatic rings. The highest BCUT2D eigenvalue weighted by Gasteiger charge is 2.45. The van der Waals surface area contributed by atoms with E-state index in [4.69, 9.17) is 11.6 Å². The van der Waals surface area contributed by atoms with E-state index in [9.17, 15) is 19.1 Å². The van der Waals surface area contributed by atoms with Gasteiger partial charge >= 0.3 is 5.97 Å². The summed E-state index contributed by atoms with van der Waals surface area (Å²) in [4.78, 5) is 24.8. The van der Waals surface area contributed by atoms with E-state index in [1.54, 1.807) is 13.8 Å². The van der Waals surface area contributed by atoms with Gasteiger partial charge in [0.15, 0.2) is 5.54 Å². The van der Waals surface area contributed by atoms with Crippen molar-refractivity contribution in [3.63, 3.8) is 0 Å². The van der Waals surface area contributed by atoms with Gasteiger partial charge in [0.2, 0.25) is 5.91 Å². The Morgan fingerprint density at radius 3 is 2.30 bits per heavy atom. The number of halogens is 2. The molecule has 6 heteroatoms. The summed E-state index contributed by atoms with van der Waals surface area (Å²) < 4.78 is 13.1. The van der Waals surface area contributed by atoms with Gasteiger partial charge in [-0.05, 0) is 32.9 Å². The van der Waals surface area contributed by atoms with Crippen molar-refractivity contribution in [2.75, 3.05) is 0 Å². The van der Waals surface area contributed by atoms with Crippen LogP contribution in [0.1, 0.15) is 33.3 Å². The molecule has 1 atom stereocenters. The number of amides is 1. The van der Waals surface area contributed by atoms with Crippen LogP contribution in [0.3, 0.4) is 0 Å². The highest BCUT2D eigenvalue weighted by Crippen LogP contribution is 2.35. The van der Waals surface area contributed by atoms with Crippen LogP contribution in [0.15, 0.2) is 18.2 Å². The third-order valence-corrected chi connectivity index (χ3v) is 3.52. The lowest BCUT2D eigenvalue weighted by Crippen LogP contribution is -2.55. The van der Waals surface area contributed by atoms with Gasteiger partial charge < -0.3 is 10.0 Å². The summed E-state index contributed by atoms with van der Waals surface area (Å²) in [5, 5.41) is 9.58. The number of benzene rings is 1. The van der Waals surface area contributed by atoms with Crippen LogP contribution in [0, 0.1) is 5.82 Å². The average molecular weight is 302 g/mol. The van der Waals surface area contributed by atoms with E-state index in [1.165, 1.54) is 24.8 Å². The molecule has 1 unspecified atom stereocenters. The maximum atomic E-state index is 13.1. The lowest BCUT2D eigenvalue weighted by molar-refractivity contribution is -0.160. The molecule has 4 nitrogen and oxygen atoms in total. The van der Waals surface area contributed by atoms with E-state index in [0.29, 0.717) is 0 Å². The molecule has 0 spiro atoms. The Hall–Kier alpha value is -1.62. The number of carboxylic acid groups (broad SMARTS) is 1. The number of carbonyl (C=O) groups is 2. The van der Waals surface area contributed by atoms with Crippen molar-refractivity contribution < 1.29 is 19.1 Å². The van der Waals surface area contributed by atoms with Gasteiger partial charge in [-0.15, -0.1) is 0 Å². The second kappa shape index (κ2) is 5.79. The minimum atomic E-state index is -1.66. The monoisotopic (exact) mass is 301 g/mol. The number of carboxylic acids is 1. The summed E-state index contributed by atoms with van der Waals surface area (Å²) in [7, 11) is 0. The third-order valence-electron chi connectivity index (χ3n) is 3.21. The van der Waals surface area contributed by atoms with Crippen LogP contribution in [0.25, 0.3) is 0 Å². The van der Waals surface area contributed by atoms with E-state index < -0.39 is 23.2 Å². The molecule has 0 radical (unpaired) electrons. The first-order chi connectivity index (χ1) is 9.12. The van der Waals surface area contributed by atoms with Crippen LogP contribution >= 0.6 is 11.6 Å². The van der Waals surface area contributed by atoms with Crippen molar-refractivity contribution in [2.45, 2.75) is 39.3 Å². The normalized spacial score (nSPS) is 13.9. The predicted octanol–water partition coefficient (Wildman–Crippen LogP) is 3.04. The second-order valence-electron chi connectivity index (χ2n) is 4.98. The summed E-state index contributed by atoms with van der Waals surface area (Å²) in [5.74, 6) is -2.19. The van der Waals surface area contributed by atoms with Crippen molar-refractivity contribution >= 4 is 23.5 Å². The van der Waals surface area contributed by atoms with Crippen LogP contribution < -0.4 is 0 Å². The van der Waals surface area contributed by atoms with Crippen molar-refractivity contribution in [1.29, 1.82) is 0 Å². The molecule has 0 saturated carbocycles. The number of carbonyl (C=O) groups excluding carboxylic acids is 1. The number of hydrogen-bond donors (Lipinski definition) is 1. The van der Waals surface area contributed by atoms with Crippen LogP contribution in [-0.4, -0.2) is 27.9 Å². The SMILES string of the molecule is CC(=O)N(C(C)C)C(C)(C(=O)O)c1ccc(F)cc1Cl. The molecule has 0 fully saturated rings. The van der Waals surface area contributed by atoms with Gasteiger partial charge in [-0.1, -0.05) is 17.7 Å². The summed E-state index contributed by atoms with van der Waals surface area (Å²) in [6.45, 7) is 6.09. The summed E-state index contributed by atoms with van der Waals surface area (Å²) >= 11 is 5.97. The van der Waals surface area contributed by atoms with Crippen molar-refractivity contribution in [3.05, 3.63) is 34.6 Å². The fourth-order valence-corrected chi connectivity index (χ4v) is 2.78. The molecule has 1 aromatic carbocycles. The number of nitrogens with zero attached hydrogens (tertiary/aromatic N) is 1. The van der Waals surface area contributed by atoms with E-state index in [1.807, 2.05) is 0 Å². The molecule has 0 saturated heterocycles. The Balaban J connectivity index is 3.56. The minimum Gasteiger partial charge on any atom is -0.479 e. The highest BCUT2D eigenvalue weighted by molar-refractivity contribution is 6.31. The van der Waals surface area contributed by atoms with Crippen LogP contribution in [-0.2, 0) is 15.1 Å². The molecule has 1 amide bonds. The van der Waals surface area contributed by atoms with E-state index in [0.717, 1.165) is 12.1 Å². The van der Waals surface area contributed by atoms with Crippen molar-refractivity contribution in [3.8, 4) is 0 Å². The van der Waals surface area contributed by atoms with Crippen LogP contribution in [0.5, 0.6) is 0 Å². The third kappa shape index (κ3) is 2.77. The maximum absolute atomic E-state index is 13.1. The molecular weight excluding hydrogens is 285 g/mol. The second-order valence-corrected chi connectivity index (χ2v) is 5.39. The average Bonchev–Trinajstić information content (AvgIpc) is 2.26. The minimum absolute atomic E-state index is 0.0261. The molecule has 0 aliphatic carbocycles. The molecule has 0 bridgehead atoms. The van der Waals surface area contributed by atoms with Gasteiger partial charge in [0.05, 0.1) is 0 Å². The molecule has 20 heavy (non-hydrogen) atoms. The van der Waals surface area contributed by atoms with Gasteiger partial charge in [0.1, 0.15) is 5.82 Å². The molecule has 110 valence electrons. The fraction of sp³-hybridized carbons (Fsp3) is 0.429. The fourth-order valence-electron chi connectivity index (χ4n) is 2.43. The first-order valence-electron chi connectivity index (χ1n) is 6.11. The van der Waals surface area contributed by atoms with Gasteiger partial charge in [0, 0.05) is 23.6 Å². The predicted molar refractivity (Wildman–Crippen MR) is 74.1 cm³/mol. The Labute approximate surface area is 122 Å². The maximum Gasteiger partial charge on any atom is 0.334 e. The van der Waals surface area contributed by atoms with Gasteiger partial charge in [0.25, 0.3) is 0 Å². The lowest BCUT2D eigenvalue weighted by Gasteiger charge is -2.41. The van der Waals surface area contributed by atoms with Gasteiger partial charge in [-0.3, -0.25) is 4.79 Å². The number of rotatable bonds is 4. The Morgan fingerprint density at radius 2 is 1.95 bits per heavy atom. The van der Waals surface area contributed by atoms with Crippen molar-refractivity contribution in [1.82, 2.24) is 4.90 Å². The van der Waals surface area contributed by atoms with Crippen LogP contribution in [0.2, 0.25) is 5.02 Å². The Morgan fingerprint density at radius 1 is 1.40 bits per heavy atom. The first kappa shape index (κ1) is 16.4. The molecule has 0 aliphatic heterocycles. The molecule has 1 N–H and O–H groups in total. The van der Waals surface area contributed by atoms with Crippen LogP contribution in [0.4, 0.5) is 4.39 Å². The van der Waals surface area contributed by atoms with Crippen molar-refractivity contribution in [2.24, 2.45) is 0 Å². The molecular formula is C14H17ClFNO3. The zero-order chi connectivity index (χ0) is 15.7. The topological polar surface area (TPSA) is 57.6 Å². The summed E-state index contributed by atoms with van der Waals surface area (Å²) in [6.07, 6.45) is 0. The zero-order valence-corrected chi connectivity index (χ0v) is 12.5. The zero-order valence-electron chi connectivity index (χ0n) is 11.8. The largest absolute Gasteiger partial charge is 0.479 e. The molecule has 0 heterocycles. The molecule has 1 rings (SSSR count). The molecule has 0 aliphatic rings. The number of aliphatic carboxylic acids is 1. The van der Waals surface area contributed by atoms with Gasteiger partial charge in [-0.2, -0.15) is 0 Å². The first-order valence-corrected chi connectivity index (χ1v) is 6.49. The Bertz CT molecular complexity index is 547. The quantitative estimate of drug-likeness (QED) is 0.930. The smallest absolute Gasteiger partial charge is 0.334 e. The summed E-state index contributed by atoms with van der Waals surface area (Å²) in [5.41, 5.74) is -1.48. The highest BCUT2D eigenvalue weighted by atomic mass is 35.5. The lowest BCUT2D eigenvalue weighted by atomic mass is 9.88. The summed E-state index contributed by atoms with van der Waals surface area (Å²) in [6, 6.07) is 3.11. The van der Waals surface area contributed by atoms with Gasteiger partial charge in [-0.25, -0.2) is 9.18 Å². The number of hydrogen-bond acceptors (Lipinski definition) is 2. The van der Waals surface area contributed by atoms with E-state index in [2.05, 4.69) is 0 Å².